The van der Waals surface area contributed by atoms with Crippen molar-refractivity contribution in [3.05, 3.63) is 46.0 Å². The molecule has 10 heteroatoms. The molecule has 1 aliphatic heterocycles. The Morgan fingerprint density at radius 2 is 2.03 bits per heavy atom. The lowest BCUT2D eigenvalue weighted by Crippen LogP contribution is -2.36. The van der Waals surface area contributed by atoms with Gasteiger partial charge in [-0.2, -0.15) is 0 Å². The Morgan fingerprint density at radius 3 is 2.69 bits per heavy atom. The van der Waals surface area contributed by atoms with E-state index in [1.54, 1.807) is 0 Å². The van der Waals surface area contributed by atoms with Gasteiger partial charge in [0, 0.05) is 19.6 Å². The number of nitrogens with zero attached hydrogens (tertiary/aromatic N) is 4. The van der Waals surface area contributed by atoms with E-state index in [0.717, 1.165) is 35.5 Å². The Bertz CT molecular complexity index is 1140. The molecule has 0 unspecified atom stereocenters. The predicted octanol–water partition coefficient (Wildman–Crippen LogP) is 3.98. The number of anilines is 2. The number of benzene rings is 1. The monoisotopic (exact) mass is 441 g/mol. The largest absolute Gasteiger partial charge is 0.433 e. The highest BCUT2D eigenvalue weighted by Gasteiger charge is 2.22. The lowest BCUT2D eigenvalue weighted by molar-refractivity contribution is -0.402. The maximum absolute atomic E-state index is 12.8. The van der Waals surface area contributed by atoms with Crippen molar-refractivity contribution in [2.24, 2.45) is 5.92 Å². The number of amides is 1. The number of aromatic nitrogens is 2. The molecule has 0 radical (unpaired) electrons. The van der Waals surface area contributed by atoms with Crippen LogP contribution in [0.4, 0.5) is 17.3 Å². The van der Waals surface area contributed by atoms with Gasteiger partial charge < -0.3 is 23.9 Å². The first-order chi connectivity index (χ1) is 15.3. The summed E-state index contributed by atoms with van der Waals surface area (Å²) in [6.07, 6.45) is 1.04. The van der Waals surface area contributed by atoms with Crippen LogP contribution in [0.5, 0.6) is 0 Å². The van der Waals surface area contributed by atoms with Gasteiger partial charge in [-0.15, -0.1) is 0 Å². The molecule has 0 saturated carbocycles. The minimum absolute atomic E-state index is 0.122. The van der Waals surface area contributed by atoms with Crippen LogP contribution in [0.25, 0.3) is 11.0 Å². The van der Waals surface area contributed by atoms with Crippen LogP contribution in [-0.4, -0.2) is 46.7 Å². The average molecular weight is 441 g/mol. The van der Waals surface area contributed by atoms with E-state index in [-0.39, 0.29) is 5.76 Å². The summed E-state index contributed by atoms with van der Waals surface area (Å²) in [7, 11) is 0. The van der Waals surface area contributed by atoms with Crippen molar-refractivity contribution in [2.75, 3.05) is 36.5 Å². The van der Waals surface area contributed by atoms with E-state index in [9.17, 15) is 14.9 Å². The predicted molar refractivity (Wildman–Crippen MR) is 120 cm³/mol. The van der Waals surface area contributed by atoms with Crippen molar-refractivity contribution < 1.29 is 18.9 Å². The molecular weight excluding hydrogens is 414 g/mol. The quantitative estimate of drug-likeness (QED) is 0.435. The van der Waals surface area contributed by atoms with Gasteiger partial charge in [0.25, 0.3) is 5.91 Å². The fourth-order valence-corrected chi connectivity index (χ4v) is 3.85. The van der Waals surface area contributed by atoms with E-state index in [2.05, 4.69) is 34.7 Å². The van der Waals surface area contributed by atoms with E-state index < -0.39 is 16.7 Å². The number of furan rings is 1. The van der Waals surface area contributed by atoms with E-state index in [0.29, 0.717) is 37.9 Å². The molecule has 1 N–H and O–H groups in total. The van der Waals surface area contributed by atoms with Crippen LogP contribution < -0.4 is 10.2 Å². The maximum atomic E-state index is 12.8. The topological polar surface area (TPSA) is 116 Å². The van der Waals surface area contributed by atoms with Crippen LogP contribution in [0.2, 0.25) is 0 Å². The Hall–Kier alpha value is -3.40. The number of nitro groups is 1. The van der Waals surface area contributed by atoms with Crippen LogP contribution in [0, 0.1) is 23.0 Å². The molecule has 1 aromatic carbocycles. The number of rotatable bonds is 7. The van der Waals surface area contributed by atoms with Gasteiger partial charge in [-0.25, -0.2) is 4.98 Å². The van der Waals surface area contributed by atoms with Crippen molar-refractivity contribution >= 4 is 34.2 Å². The van der Waals surface area contributed by atoms with Crippen molar-refractivity contribution in [2.45, 2.75) is 33.7 Å². The van der Waals surface area contributed by atoms with Gasteiger partial charge in [0.05, 0.1) is 41.7 Å². The summed E-state index contributed by atoms with van der Waals surface area (Å²) < 4.78 is 12.8. The second kappa shape index (κ2) is 8.99. The number of hydrogen-bond donors (Lipinski definition) is 1. The third kappa shape index (κ3) is 4.45. The van der Waals surface area contributed by atoms with Crippen LogP contribution >= 0.6 is 0 Å². The van der Waals surface area contributed by atoms with Gasteiger partial charge in [0.15, 0.2) is 5.76 Å². The number of aryl methyl sites for hydroxylation is 2. The van der Waals surface area contributed by atoms with E-state index in [1.807, 2.05) is 13.0 Å². The summed E-state index contributed by atoms with van der Waals surface area (Å²) in [6.45, 7) is 9.82. The van der Waals surface area contributed by atoms with Gasteiger partial charge in [-0.1, -0.05) is 13.8 Å². The summed E-state index contributed by atoms with van der Waals surface area (Å²) in [6, 6.07) is 6.38. The van der Waals surface area contributed by atoms with Gasteiger partial charge in [0.1, 0.15) is 10.7 Å². The summed E-state index contributed by atoms with van der Waals surface area (Å²) in [5.41, 5.74) is 3.23. The third-order valence-corrected chi connectivity index (χ3v) is 5.58. The molecule has 1 fully saturated rings. The van der Waals surface area contributed by atoms with Gasteiger partial charge in [-0.3, -0.25) is 14.9 Å². The Balaban J connectivity index is 1.72. The van der Waals surface area contributed by atoms with Crippen molar-refractivity contribution in [1.82, 2.24) is 9.55 Å². The number of ether oxygens (including phenoxy) is 1. The smallest absolute Gasteiger partial charge is 0.395 e. The second-order valence-corrected chi connectivity index (χ2v) is 8.30. The standard InChI is InChI=1S/C22H27N5O5/c1-14(2)6-7-26-15(3)23-17-12-16(18(13-19(17)26)25-8-10-31-11-9-25)24-22(28)20-4-5-21(32-20)27(29)30/h4-5,12-14H,6-11H2,1-3H3,(H,24,28). The molecule has 1 aliphatic rings. The fourth-order valence-electron chi connectivity index (χ4n) is 3.85. The second-order valence-electron chi connectivity index (χ2n) is 8.30. The first-order valence-corrected chi connectivity index (χ1v) is 10.7. The summed E-state index contributed by atoms with van der Waals surface area (Å²) in [4.78, 5) is 29.9. The van der Waals surface area contributed by atoms with Crippen LogP contribution in [0.15, 0.2) is 28.7 Å². The Kier molecular flexibility index (Phi) is 6.13. The molecule has 0 spiro atoms. The molecule has 2 aromatic heterocycles. The first-order valence-electron chi connectivity index (χ1n) is 10.7. The highest BCUT2D eigenvalue weighted by Crippen LogP contribution is 2.33. The molecule has 170 valence electrons. The molecule has 4 rings (SSSR count). The molecule has 3 aromatic rings. The molecular formula is C22H27N5O5. The third-order valence-electron chi connectivity index (χ3n) is 5.58. The number of imidazole rings is 1. The van der Waals surface area contributed by atoms with Gasteiger partial charge in [0.2, 0.25) is 0 Å². The van der Waals surface area contributed by atoms with Crippen molar-refractivity contribution in [1.29, 1.82) is 0 Å². The van der Waals surface area contributed by atoms with Crippen molar-refractivity contribution in [3.8, 4) is 0 Å². The summed E-state index contributed by atoms with van der Waals surface area (Å²) >= 11 is 0. The van der Waals surface area contributed by atoms with E-state index in [1.165, 1.54) is 12.1 Å². The molecule has 3 heterocycles. The molecule has 1 saturated heterocycles. The van der Waals surface area contributed by atoms with Crippen molar-refractivity contribution in [3.63, 3.8) is 0 Å². The number of hydrogen-bond acceptors (Lipinski definition) is 7. The minimum atomic E-state index is -0.672. The van der Waals surface area contributed by atoms with Crippen LogP contribution in [-0.2, 0) is 11.3 Å². The molecule has 0 atom stereocenters. The van der Waals surface area contributed by atoms with Crippen LogP contribution in [0.1, 0.15) is 36.6 Å². The fraction of sp³-hybridized carbons (Fsp3) is 0.455. The minimum Gasteiger partial charge on any atom is -0.395 e. The number of nitrogens with one attached hydrogen (secondary N) is 1. The van der Waals surface area contributed by atoms with Crippen LogP contribution in [0.3, 0.4) is 0 Å². The van der Waals surface area contributed by atoms with Gasteiger partial charge in [-0.05, 0) is 37.5 Å². The first kappa shape index (κ1) is 21.8. The Labute approximate surface area is 185 Å². The molecule has 1 amide bonds. The zero-order chi connectivity index (χ0) is 22.8. The lowest BCUT2D eigenvalue weighted by atomic mass is 10.1. The van der Waals surface area contributed by atoms with E-state index >= 15 is 0 Å². The molecule has 0 aliphatic carbocycles. The molecule has 0 bridgehead atoms. The zero-order valence-corrected chi connectivity index (χ0v) is 18.5. The lowest BCUT2D eigenvalue weighted by Gasteiger charge is -2.30. The number of morpholine rings is 1. The average Bonchev–Trinajstić information content (AvgIpc) is 3.37. The van der Waals surface area contributed by atoms with Gasteiger partial charge >= 0.3 is 5.88 Å². The summed E-state index contributed by atoms with van der Waals surface area (Å²) in [5.74, 6) is 0.338. The Morgan fingerprint density at radius 1 is 1.28 bits per heavy atom. The highest BCUT2D eigenvalue weighted by molar-refractivity contribution is 6.06. The normalized spacial score (nSPS) is 14.3. The number of carbonyl (C=O) groups excluding carboxylic acids is 1. The SMILES string of the molecule is Cc1nc2cc(NC(=O)c3ccc([N+](=O)[O-])o3)c(N3CCOCC3)cc2n1CCC(C)C. The maximum Gasteiger partial charge on any atom is 0.433 e. The molecule has 32 heavy (non-hydrogen) atoms. The zero-order valence-electron chi connectivity index (χ0n) is 18.5. The summed E-state index contributed by atoms with van der Waals surface area (Å²) in [5, 5.41) is 13.7. The molecule has 10 nitrogen and oxygen atoms in total. The number of fused-ring (bicyclic) bond motifs is 1. The van der Waals surface area contributed by atoms with E-state index in [4.69, 9.17) is 14.1 Å². The number of carbonyl (C=O) groups is 1. The highest BCUT2D eigenvalue weighted by atomic mass is 16.6.